The van der Waals surface area contributed by atoms with E-state index in [9.17, 15) is 19.2 Å². The highest BCUT2D eigenvalue weighted by atomic mass is 16.6. The molecule has 8 nitrogen and oxygen atoms in total. The van der Waals surface area contributed by atoms with Crippen LogP contribution in [0.3, 0.4) is 0 Å². The fraction of sp³-hybridized carbons (Fsp3) is 0.280. The number of ether oxygens (including phenoxy) is 3. The van der Waals surface area contributed by atoms with E-state index in [-0.39, 0.29) is 25.5 Å². The van der Waals surface area contributed by atoms with Gasteiger partial charge in [0.05, 0.1) is 6.61 Å². The number of allylic oxidation sites excluding steroid dienone is 1. The molecule has 174 valence electrons. The number of rotatable bonds is 13. The molecular formula is C25H27NO7. The predicted octanol–water partition coefficient (Wildman–Crippen LogP) is 2.84. The van der Waals surface area contributed by atoms with Crippen molar-refractivity contribution in [1.29, 1.82) is 0 Å². The van der Waals surface area contributed by atoms with Crippen molar-refractivity contribution in [3.05, 3.63) is 71.8 Å². The summed E-state index contributed by atoms with van der Waals surface area (Å²) in [4.78, 5) is 47.3. The van der Waals surface area contributed by atoms with Crippen molar-refractivity contribution in [2.45, 2.75) is 13.3 Å². The lowest BCUT2D eigenvalue weighted by atomic mass is 10.0. The molecular weight excluding hydrogens is 426 g/mol. The zero-order chi connectivity index (χ0) is 24.1. The lowest BCUT2D eigenvalue weighted by Gasteiger charge is -2.14. The van der Waals surface area contributed by atoms with Crippen molar-refractivity contribution in [3.8, 4) is 11.5 Å². The summed E-state index contributed by atoms with van der Waals surface area (Å²) in [6.07, 6.45) is 3.51. The van der Waals surface area contributed by atoms with Crippen LogP contribution in [0, 0.1) is 0 Å². The Morgan fingerprint density at radius 2 is 1.39 bits per heavy atom. The highest BCUT2D eigenvalue weighted by Crippen LogP contribution is 2.18. The molecule has 0 atom stereocenters. The first-order valence-electron chi connectivity index (χ1n) is 10.5. The Balaban J connectivity index is 1.76. The van der Waals surface area contributed by atoms with Crippen molar-refractivity contribution in [2.24, 2.45) is 0 Å². The molecule has 0 unspecified atom stereocenters. The largest absolute Gasteiger partial charge is 0.494 e. The van der Waals surface area contributed by atoms with Crippen LogP contribution in [0.5, 0.6) is 11.5 Å². The van der Waals surface area contributed by atoms with Crippen LogP contribution in [0.25, 0.3) is 0 Å². The molecule has 0 aliphatic heterocycles. The first kappa shape index (κ1) is 25.3. The molecule has 0 saturated heterocycles. The quantitative estimate of drug-likeness (QED) is 0.151. The number of aldehydes is 1. The highest BCUT2D eigenvalue weighted by Gasteiger charge is 2.12. The average Bonchev–Trinajstić information content (AvgIpc) is 2.84. The number of hydrogen-bond acceptors (Lipinski definition) is 7. The lowest BCUT2D eigenvalue weighted by Crippen LogP contribution is -2.32. The Morgan fingerprint density at radius 1 is 0.848 bits per heavy atom. The molecule has 0 aliphatic rings. The number of esters is 1. The predicted molar refractivity (Wildman–Crippen MR) is 121 cm³/mol. The summed E-state index contributed by atoms with van der Waals surface area (Å²) in [5, 5.41) is 0. The molecule has 0 N–H and O–H groups in total. The van der Waals surface area contributed by atoms with Crippen LogP contribution in [0.1, 0.15) is 29.3 Å². The highest BCUT2D eigenvalue weighted by molar-refractivity contribution is 6.09. The molecule has 2 rings (SSSR count). The van der Waals surface area contributed by atoms with Crippen LogP contribution in [0.2, 0.25) is 0 Å². The van der Waals surface area contributed by atoms with Gasteiger partial charge in [-0.2, -0.15) is 0 Å². The molecule has 0 saturated carbocycles. The van der Waals surface area contributed by atoms with Crippen LogP contribution in [-0.2, 0) is 19.1 Å². The van der Waals surface area contributed by atoms with Gasteiger partial charge in [-0.25, -0.2) is 0 Å². The molecule has 0 bridgehead atoms. The second kappa shape index (κ2) is 13.5. The molecule has 8 heteroatoms. The van der Waals surface area contributed by atoms with Gasteiger partial charge in [0.15, 0.2) is 5.78 Å². The second-order valence-electron chi connectivity index (χ2n) is 6.98. The minimum atomic E-state index is -0.596. The van der Waals surface area contributed by atoms with Crippen molar-refractivity contribution in [2.75, 3.05) is 33.4 Å². The van der Waals surface area contributed by atoms with Gasteiger partial charge in [-0.05, 0) is 61.0 Å². The van der Waals surface area contributed by atoms with E-state index in [1.165, 1.54) is 7.05 Å². The number of nitrogens with zero attached hydrogens (tertiary/aromatic N) is 1. The summed E-state index contributed by atoms with van der Waals surface area (Å²) in [6, 6.07) is 13.7. The van der Waals surface area contributed by atoms with E-state index in [1.807, 2.05) is 6.92 Å². The summed E-state index contributed by atoms with van der Waals surface area (Å²) in [6.45, 7) is 2.52. The summed E-state index contributed by atoms with van der Waals surface area (Å²) in [5.41, 5.74) is 1.08. The van der Waals surface area contributed by atoms with E-state index in [1.54, 1.807) is 48.5 Å². The summed E-state index contributed by atoms with van der Waals surface area (Å²) in [5.74, 6) is 0.0638. The molecule has 0 aliphatic carbocycles. The third kappa shape index (κ3) is 8.60. The van der Waals surface area contributed by atoms with E-state index in [2.05, 4.69) is 0 Å². The van der Waals surface area contributed by atoms with E-state index in [0.29, 0.717) is 29.8 Å². The number of ketones is 1. The normalized spacial score (nSPS) is 10.5. The van der Waals surface area contributed by atoms with Gasteiger partial charge in [0.1, 0.15) is 37.5 Å². The number of amides is 1. The maximum atomic E-state index is 12.6. The fourth-order valence-corrected chi connectivity index (χ4v) is 2.67. The lowest BCUT2D eigenvalue weighted by molar-refractivity contribution is -0.148. The third-order valence-electron chi connectivity index (χ3n) is 4.38. The monoisotopic (exact) mass is 453 g/mol. The zero-order valence-electron chi connectivity index (χ0n) is 18.7. The first-order chi connectivity index (χ1) is 15.9. The van der Waals surface area contributed by atoms with E-state index < -0.39 is 11.9 Å². The molecule has 0 radical (unpaired) electrons. The Labute approximate surface area is 192 Å². The zero-order valence-corrected chi connectivity index (χ0v) is 18.7. The third-order valence-corrected chi connectivity index (χ3v) is 4.38. The topological polar surface area (TPSA) is 99.2 Å². The van der Waals surface area contributed by atoms with Gasteiger partial charge >= 0.3 is 5.97 Å². The Bertz CT molecular complexity index is 965. The number of carbonyl (C=O) groups excluding carboxylic acids is 4. The van der Waals surface area contributed by atoms with Gasteiger partial charge in [0.2, 0.25) is 5.91 Å². The van der Waals surface area contributed by atoms with Crippen molar-refractivity contribution in [3.63, 3.8) is 0 Å². The van der Waals surface area contributed by atoms with Gasteiger partial charge in [0, 0.05) is 24.3 Å². The molecule has 33 heavy (non-hydrogen) atoms. The average molecular weight is 453 g/mol. The maximum absolute atomic E-state index is 12.6. The Hall–Kier alpha value is -3.94. The summed E-state index contributed by atoms with van der Waals surface area (Å²) >= 11 is 0. The molecule has 2 aromatic rings. The van der Waals surface area contributed by atoms with Crippen LogP contribution in [0.15, 0.2) is 60.7 Å². The van der Waals surface area contributed by atoms with Gasteiger partial charge in [-0.3, -0.25) is 19.2 Å². The van der Waals surface area contributed by atoms with Crippen LogP contribution in [0.4, 0.5) is 0 Å². The van der Waals surface area contributed by atoms with E-state index >= 15 is 0 Å². The van der Waals surface area contributed by atoms with E-state index in [0.717, 1.165) is 29.2 Å². The first-order valence-corrected chi connectivity index (χ1v) is 10.5. The maximum Gasteiger partial charge on any atom is 0.325 e. The molecule has 1 amide bonds. The Morgan fingerprint density at radius 3 is 1.91 bits per heavy atom. The molecule has 2 aromatic carbocycles. The van der Waals surface area contributed by atoms with Crippen molar-refractivity contribution < 1.29 is 33.4 Å². The number of benzene rings is 2. The number of carbonyl (C=O) groups is 4. The van der Waals surface area contributed by atoms with Crippen molar-refractivity contribution >= 4 is 23.9 Å². The number of likely N-dealkylation sites (N-methyl/N-ethyl adjacent to an activating group) is 1. The standard InChI is InChI=1S/C25H27NO7/c1-3-15-31-21-10-6-19(7-11-21)25(30)20-8-12-22(13-9-20)32-16-17-33-24(29)18-26(2)23(28)5-4-14-27/h4-14H,3,15-18H2,1-2H3/b5-4-. The van der Waals surface area contributed by atoms with Gasteiger partial charge in [-0.15, -0.1) is 0 Å². The smallest absolute Gasteiger partial charge is 0.325 e. The summed E-state index contributed by atoms with van der Waals surface area (Å²) in [7, 11) is 1.42. The van der Waals surface area contributed by atoms with Gasteiger partial charge < -0.3 is 19.1 Å². The minimum Gasteiger partial charge on any atom is -0.494 e. The second-order valence-corrected chi connectivity index (χ2v) is 6.98. The van der Waals surface area contributed by atoms with Crippen molar-refractivity contribution in [1.82, 2.24) is 4.90 Å². The number of hydrogen-bond donors (Lipinski definition) is 0. The molecule has 0 fully saturated rings. The van der Waals surface area contributed by atoms with Crippen LogP contribution in [-0.4, -0.2) is 62.3 Å². The van der Waals surface area contributed by atoms with E-state index in [4.69, 9.17) is 14.2 Å². The fourth-order valence-electron chi connectivity index (χ4n) is 2.67. The molecule has 0 aromatic heterocycles. The van der Waals surface area contributed by atoms with Crippen LogP contribution >= 0.6 is 0 Å². The SMILES string of the molecule is CCCOc1ccc(C(=O)c2ccc(OCCOC(=O)CN(C)C(=O)/C=C\C=O)cc2)cc1. The minimum absolute atomic E-state index is 0.00181. The molecule has 0 heterocycles. The molecule has 0 spiro atoms. The van der Waals surface area contributed by atoms with Gasteiger partial charge in [0.25, 0.3) is 0 Å². The van der Waals surface area contributed by atoms with Gasteiger partial charge in [-0.1, -0.05) is 6.92 Å². The van der Waals surface area contributed by atoms with Crippen LogP contribution < -0.4 is 9.47 Å². The summed E-state index contributed by atoms with van der Waals surface area (Å²) < 4.78 is 16.1. The Kier molecular flexibility index (Phi) is 10.3.